The van der Waals surface area contributed by atoms with E-state index in [0.29, 0.717) is 3.97 Å². The Hall–Kier alpha value is 0.553. The van der Waals surface area contributed by atoms with Crippen LogP contribution in [0.4, 0.5) is 0 Å². The van der Waals surface area contributed by atoms with E-state index in [-0.39, 0.29) is 9.52 Å². The van der Waals surface area contributed by atoms with Crippen molar-refractivity contribution in [3.05, 3.63) is 10.5 Å². The van der Waals surface area contributed by atoms with Crippen molar-refractivity contribution in [2.45, 2.75) is 17.9 Å². The van der Waals surface area contributed by atoms with E-state index in [2.05, 4.69) is 13.1 Å². The van der Waals surface area contributed by atoms with Crippen molar-refractivity contribution in [1.82, 2.24) is 0 Å². The van der Waals surface area contributed by atoms with Crippen LogP contribution in [0.2, 0.25) is 17.9 Å². The molecule has 0 rings (SSSR count). The molecule has 0 atom stereocenters. The third-order valence-electron chi connectivity index (χ3n) is 0.824. The van der Waals surface area contributed by atoms with Gasteiger partial charge in [-0.3, -0.25) is 0 Å². The summed E-state index contributed by atoms with van der Waals surface area (Å²) in [6.45, 7) is 5.60. The molecule has 0 heterocycles. The molecular weight excluding hydrogens is 199 g/mol. The van der Waals surface area contributed by atoms with Crippen molar-refractivity contribution in [1.29, 1.82) is 0 Å². The summed E-state index contributed by atoms with van der Waals surface area (Å²) >= 11 is 4.13. The van der Waals surface area contributed by atoms with Crippen molar-refractivity contribution >= 4 is 21.1 Å². The zero-order valence-electron chi connectivity index (χ0n) is 5.45. The molecule has 0 aromatic rings. The Kier molecular flexibility index (Phi) is 5.68. The number of hydrogen-bond donors (Lipinski definition) is 0. The van der Waals surface area contributed by atoms with Gasteiger partial charge in [0, 0.05) is 0 Å². The molecule has 0 bridgehead atoms. The molecule has 0 aliphatic rings. The van der Waals surface area contributed by atoms with Crippen LogP contribution in [0.15, 0.2) is 10.5 Å². The normalized spacial score (nSPS) is 12.4. The molecule has 0 aliphatic carbocycles. The number of halogens is 1. The third-order valence-corrected chi connectivity index (χ3v) is 4.55. The fraction of sp³-hybridized carbons (Fsp3) is 0.600. The van der Waals surface area contributed by atoms with Crippen LogP contribution in [0.5, 0.6) is 0 Å². The molecule has 0 aromatic heterocycles. The van der Waals surface area contributed by atoms with Crippen molar-refractivity contribution in [2.24, 2.45) is 0 Å². The second kappa shape index (κ2) is 5.35. The van der Waals surface area contributed by atoms with Gasteiger partial charge >= 0.3 is 67.1 Å². The van der Waals surface area contributed by atoms with Gasteiger partial charge in [-0.15, -0.1) is 0 Å². The van der Waals surface area contributed by atoms with Gasteiger partial charge in [0.05, 0.1) is 0 Å². The van der Waals surface area contributed by atoms with Crippen LogP contribution in [-0.2, 0) is 17.5 Å². The van der Waals surface area contributed by atoms with Gasteiger partial charge in [-0.2, -0.15) is 0 Å². The van der Waals surface area contributed by atoms with Crippen LogP contribution in [0, 0.1) is 0 Å². The summed E-state index contributed by atoms with van der Waals surface area (Å²) in [5, 5.41) is 0.748. The van der Waals surface area contributed by atoms with Crippen molar-refractivity contribution in [2.75, 3.05) is 0 Å². The summed E-state index contributed by atoms with van der Waals surface area (Å²) in [4.78, 5) is 0. The van der Waals surface area contributed by atoms with Gasteiger partial charge in [-0.25, -0.2) is 0 Å². The molecule has 0 saturated carbocycles. The number of rotatable bonds is 4. The van der Waals surface area contributed by atoms with E-state index < -0.39 is 13.6 Å². The first-order chi connectivity index (χ1) is 4.18. The average molecular weight is 210 g/mol. The molecule has 57 valence electrons. The first-order valence-electron chi connectivity index (χ1n) is 2.79. The Bertz CT molecular complexity index is 126. The minimum absolute atomic E-state index is 0.0551. The molecule has 0 aromatic carbocycles. The SMILES string of the molecule is C=[C](Cl)[Co](=[O])[CH2]C[SiH2]C. The van der Waals surface area contributed by atoms with E-state index >= 15 is 0 Å². The summed E-state index contributed by atoms with van der Waals surface area (Å²) < 4.78 is 11.2. The van der Waals surface area contributed by atoms with Crippen LogP contribution in [0.25, 0.3) is 0 Å². The van der Waals surface area contributed by atoms with E-state index in [4.69, 9.17) is 11.6 Å². The second-order valence-electron chi connectivity index (χ2n) is 1.62. The van der Waals surface area contributed by atoms with Crippen molar-refractivity contribution < 1.29 is 17.5 Å². The van der Waals surface area contributed by atoms with E-state index in [1.807, 2.05) is 0 Å². The van der Waals surface area contributed by atoms with Crippen LogP contribution in [0.3, 0.4) is 0 Å². The van der Waals surface area contributed by atoms with Gasteiger partial charge in [-0.05, 0) is 0 Å². The molecule has 0 fully saturated rings. The van der Waals surface area contributed by atoms with Crippen LogP contribution >= 0.6 is 11.6 Å². The quantitative estimate of drug-likeness (QED) is 0.645. The summed E-state index contributed by atoms with van der Waals surface area (Å²) in [5.74, 6) is 0. The maximum atomic E-state index is 10.8. The third kappa shape index (κ3) is 5.02. The summed E-state index contributed by atoms with van der Waals surface area (Å²) in [6, 6.07) is 1.11. The van der Waals surface area contributed by atoms with Gasteiger partial charge in [0.2, 0.25) is 0 Å². The first kappa shape index (κ1) is 9.55. The zero-order chi connectivity index (χ0) is 7.28. The van der Waals surface area contributed by atoms with E-state index in [1.165, 1.54) is 0 Å². The first-order valence-corrected chi connectivity index (χ1v) is 7.26. The second-order valence-corrected chi connectivity index (χ2v) is 6.08. The van der Waals surface area contributed by atoms with Crippen LogP contribution < -0.4 is 0 Å². The Labute approximate surface area is 67.3 Å². The fourth-order valence-corrected chi connectivity index (χ4v) is 3.41. The van der Waals surface area contributed by atoms with Crippen molar-refractivity contribution in [3.8, 4) is 0 Å². The van der Waals surface area contributed by atoms with Gasteiger partial charge < -0.3 is 0 Å². The van der Waals surface area contributed by atoms with Gasteiger partial charge in [0.1, 0.15) is 0 Å². The zero-order valence-corrected chi connectivity index (χ0v) is 8.66. The molecule has 9 heavy (non-hydrogen) atoms. The maximum absolute atomic E-state index is 10.8. The molecule has 0 amide bonds. The van der Waals surface area contributed by atoms with E-state index in [9.17, 15) is 3.87 Å². The van der Waals surface area contributed by atoms with Gasteiger partial charge in [0.15, 0.2) is 0 Å². The number of hydrogen-bond acceptors (Lipinski definition) is 1. The molecule has 0 unspecified atom stereocenters. The summed E-state index contributed by atoms with van der Waals surface area (Å²) in [7, 11) is 0.0551. The van der Waals surface area contributed by atoms with Gasteiger partial charge in [-0.1, -0.05) is 0 Å². The standard InChI is InChI=1S/C3H9Si.C2H2Cl.Co.O/c1-3-4-2;1-2-3;;/h1,3-4H2,2H3;1H2;;. The molecule has 1 nitrogen and oxygen atoms in total. The molecule has 0 aliphatic heterocycles. The fourth-order valence-electron chi connectivity index (χ4n) is 0.315. The molecule has 4 heteroatoms. The summed E-state index contributed by atoms with van der Waals surface area (Å²) in [6.07, 6.45) is 0. The van der Waals surface area contributed by atoms with Crippen LogP contribution in [-0.4, -0.2) is 9.52 Å². The van der Waals surface area contributed by atoms with Crippen molar-refractivity contribution in [3.63, 3.8) is 0 Å². The Morgan fingerprint density at radius 2 is 2.44 bits per heavy atom. The Morgan fingerprint density at radius 3 is 2.78 bits per heavy atom. The minimum atomic E-state index is -1.27. The monoisotopic (exact) mass is 209 g/mol. The molecular formula is C5H11ClCoOSi. The average Bonchev–Trinajstić information content (AvgIpc) is 1.82. The Balaban J connectivity index is 3.39. The predicted molar refractivity (Wildman–Crippen MR) is 39.7 cm³/mol. The van der Waals surface area contributed by atoms with Crippen LogP contribution in [0.1, 0.15) is 0 Å². The molecule has 0 spiro atoms. The topological polar surface area (TPSA) is 17.1 Å². The Morgan fingerprint density at radius 1 is 1.89 bits per heavy atom. The summed E-state index contributed by atoms with van der Waals surface area (Å²) in [5.41, 5.74) is 0. The van der Waals surface area contributed by atoms with Gasteiger partial charge in [0.25, 0.3) is 0 Å². The van der Waals surface area contributed by atoms with E-state index in [1.54, 1.807) is 0 Å². The molecule has 0 N–H and O–H groups in total. The molecule has 0 radical (unpaired) electrons. The van der Waals surface area contributed by atoms with E-state index in [0.717, 1.165) is 11.4 Å². The molecule has 0 saturated heterocycles. The predicted octanol–water partition coefficient (Wildman–Crippen LogP) is 1.71.